The molecule has 38 heavy (non-hydrogen) atoms. The monoisotopic (exact) mass is 523 g/mol. The van der Waals surface area contributed by atoms with Gasteiger partial charge in [-0.3, -0.25) is 4.79 Å². The van der Waals surface area contributed by atoms with Gasteiger partial charge in [0, 0.05) is 51.5 Å². The number of amides is 1. The number of nitrogens with one attached hydrogen (secondary N) is 2. The number of hydrogen-bond donors (Lipinski definition) is 2. The lowest BCUT2D eigenvalue weighted by molar-refractivity contribution is -0.0533. The molecule has 0 radical (unpaired) electrons. The fourth-order valence-corrected chi connectivity index (χ4v) is 5.71. The summed E-state index contributed by atoms with van der Waals surface area (Å²) in [5, 5.41) is 7.12. The van der Waals surface area contributed by atoms with Crippen molar-refractivity contribution in [1.82, 2.24) is 20.2 Å². The topological polar surface area (TPSA) is 97.8 Å². The molecular formula is C29H41N5O4. The van der Waals surface area contributed by atoms with Crippen molar-refractivity contribution >= 4 is 11.7 Å². The first-order valence-electron chi connectivity index (χ1n) is 14.0. The molecular weight excluding hydrogens is 482 g/mol. The smallest absolute Gasteiger partial charge is 0.272 e. The van der Waals surface area contributed by atoms with Crippen molar-refractivity contribution < 1.29 is 19.0 Å². The summed E-state index contributed by atoms with van der Waals surface area (Å²) < 4.78 is 17.5. The predicted molar refractivity (Wildman–Crippen MR) is 145 cm³/mol. The van der Waals surface area contributed by atoms with E-state index < -0.39 is 0 Å². The van der Waals surface area contributed by atoms with Crippen molar-refractivity contribution in [2.75, 3.05) is 45.3 Å². The van der Waals surface area contributed by atoms with Crippen LogP contribution in [0.2, 0.25) is 0 Å². The van der Waals surface area contributed by atoms with Crippen molar-refractivity contribution in [2.24, 2.45) is 0 Å². The number of hydrogen-bond acceptors (Lipinski definition) is 8. The first kappa shape index (κ1) is 27.0. The molecule has 0 spiro atoms. The maximum Gasteiger partial charge on any atom is 0.272 e. The summed E-state index contributed by atoms with van der Waals surface area (Å²) in [7, 11) is 1.74. The predicted octanol–water partition coefficient (Wildman–Crippen LogP) is 3.51. The van der Waals surface area contributed by atoms with Crippen LogP contribution in [0.4, 0.5) is 5.82 Å². The van der Waals surface area contributed by atoms with E-state index in [0.29, 0.717) is 49.8 Å². The molecule has 2 N–H and O–H groups in total. The maximum absolute atomic E-state index is 13.2. The molecule has 0 aliphatic carbocycles. The van der Waals surface area contributed by atoms with Gasteiger partial charge in [-0.1, -0.05) is 29.8 Å². The zero-order valence-electron chi connectivity index (χ0n) is 22.6. The Morgan fingerprint density at radius 1 is 1.11 bits per heavy atom. The Balaban J connectivity index is 1.10. The SMILES string of the molecule is CO[C@@H]1COCC[C@@H]1NC1CCN(C(=O)c2cc(NC[C@H]3CCC[C@@H](c4ccc(C)cc4)O3)ncn2)CC1. The third-order valence-electron chi connectivity index (χ3n) is 8.03. The van der Waals surface area contributed by atoms with Crippen molar-refractivity contribution in [3.8, 4) is 0 Å². The van der Waals surface area contributed by atoms with Crippen LogP contribution >= 0.6 is 0 Å². The molecule has 206 valence electrons. The van der Waals surface area contributed by atoms with Crippen molar-refractivity contribution in [2.45, 2.75) is 75.8 Å². The van der Waals surface area contributed by atoms with Crippen LogP contribution in [0.3, 0.4) is 0 Å². The van der Waals surface area contributed by atoms with E-state index in [1.54, 1.807) is 13.2 Å². The maximum atomic E-state index is 13.2. The van der Waals surface area contributed by atoms with Crippen LogP contribution in [0.25, 0.3) is 0 Å². The number of piperidine rings is 1. The molecule has 3 aliphatic rings. The molecule has 4 atom stereocenters. The summed E-state index contributed by atoms with van der Waals surface area (Å²) in [5.41, 5.74) is 2.92. The number of anilines is 1. The van der Waals surface area contributed by atoms with Gasteiger partial charge in [0.2, 0.25) is 0 Å². The summed E-state index contributed by atoms with van der Waals surface area (Å²) in [6, 6.07) is 11.1. The van der Waals surface area contributed by atoms with Gasteiger partial charge >= 0.3 is 0 Å². The van der Waals surface area contributed by atoms with Crippen molar-refractivity contribution in [3.63, 3.8) is 0 Å². The molecule has 1 amide bonds. The summed E-state index contributed by atoms with van der Waals surface area (Å²) in [6.07, 6.45) is 7.74. The van der Waals surface area contributed by atoms with Gasteiger partial charge in [0.05, 0.1) is 24.9 Å². The van der Waals surface area contributed by atoms with E-state index in [2.05, 4.69) is 51.8 Å². The Labute approximate surface area is 225 Å². The lowest BCUT2D eigenvalue weighted by Crippen LogP contribution is -2.54. The van der Waals surface area contributed by atoms with Gasteiger partial charge in [0.25, 0.3) is 5.91 Å². The average molecular weight is 524 g/mol. The number of methoxy groups -OCH3 is 1. The second-order valence-electron chi connectivity index (χ2n) is 10.7. The number of carbonyl (C=O) groups excluding carboxylic acids is 1. The van der Waals surface area contributed by atoms with Gasteiger partial charge in [-0.25, -0.2) is 9.97 Å². The Morgan fingerprint density at radius 3 is 2.71 bits per heavy atom. The van der Waals surface area contributed by atoms with Gasteiger partial charge in [0.15, 0.2) is 0 Å². The van der Waals surface area contributed by atoms with Gasteiger partial charge in [-0.15, -0.1) is 0 Å². The van der Waals surface area contributed by atoms with E-state index >= 15 is 0 Å². The van der Waals surface area contributed by atoms with Crippen LogP contribution in [0.15, 0.2) is 36.7 Å². The van der Waals surface area contributed by atoms with E-state index in [1.165, 1.54) is 17.5 Å². The van der Waals surface area contributed by atoms with E-state index in [-0.39, 0.29) is 24.2 Å². The third-order valence-corrected chi connectivity index (χ3v) is 8.03. The molecule has 0 bridgehead atoms. The standard InChI is InChI=1S/C29H41N5O4/c1-20-6-8-21(9-7-20)26-5-3-4-23(38-26)17-30-28-16-25(31-19-32-28)29(35)34-13-10-22(11-14-34)33-24-12-15-37-18-27(24)36-2/h6-9,16,19,22-24,26-27,33H,3-5,10-15,17-18H2,1-2H3,(H,30,31,32)/t23-,24+,26+,27-/m1/s1. The van der Waals surface area contributed by atoms with Crippen LogP contribution in [-0.4, -0.2) is 85.0 Å². The minimum atomic E-state index is -0.0388. The minimum absolute atomic E-state index is 0.0388. The molecule has 1 aromatic carbocycles. The second-order valence-corrected chi connectivity index (χ2v) is 10.7. The van der Waals surface area contributed by atoms with E-state index in [9.17, 15) is 4.79 Å². The Bertz CT molecular complexity index is 1040. The Morgan fingerprint density at radius 2 is 1.92 bits per heavy atom. The first-order valence-corrected chi connectivity index (χ1v) is 14.0. The third kappa shape index (κ3) is 6.88. The van der Waals surface area contributed by atoms with Crippen LogP contribution in [0, 0.1) is 6.92 Å². The van der Waals surface area contributed by atoms with E-state index in [4.69, 9.17) is 14.2 Å². The van der Waals surface area contributed by atoms with E-state index in [0.717, 1.165) is 45.1 Å². The summed E-state index contributed by atoms with van der Waals surface area (Å²) in [6.45, 7) is 5.57. The normalized spacial score (nSPS) is 26.7. The lowest BCUT2D eigenvalue weighted by Gasteiger charge is -2.38. The van der Waals surface area contributed by atoms with Crippen LogP contribution in [-0.2, 0) is 14.2 Å². The highest BCUT2D eigenvalue weighted by molar-refractivity contribution is 5.93. The van der Waals surface area contributed by atoms with Crippen LogP contribution in [0.1, 0.15) is 66.2 Å². The summed E-state index contributed by atoms with van der Waals surface area (Å²) >= 11 is 0. The van der Waals surface area contributed by atoms with E-state index in [1.807, 2.05) is 4.90 Å². The molecule has 4 heterocycles. The van der Waals surface area contributed by atoms with Gasteiger partial charge in [-0.2, -0.15) is 0 Å². The molecule has 3 saturated heterocycles. The fraction of sp³-hybridized carbons (Fsp3) is 0.621. The van der Waals surface area contributed by atoms with Gasteiger partial charge in [0.1, 0.15) is 17.8 Å². The molecule has 9 heteroatoms. The molecule has 2 aromatic rings. The lowest BCUT2D eigenvalue weighted by atomic mass is 9.97. The second kappa shape index (κ2) is 13.0. The number of likely N-dealkylation sites (tertiary alicyclic amines) is 1. The Hall–Kier alpha value is -2.59. The van der Waals surface area contributed by atoms with Crippen LogP contribution < -0.4 is 10.6 Å². The molecule has 0 saturated carbocycles. The Kier molecular flexibility index (Phi) is 9.22. The average Bonchev–Trinajstić information content (AvgIpc) is 2.97. The molecule has 3 fully saturated rings. The number of rotatable bonds is 8. The number of carbonyl (C=O) groups is 1. The van der Waals surface area contributed by atoms with Crippen molar-refractivity contribution in [1.29, 1.82) is 0 Å². The number of nitrogens with zero attached hydrogens (tertiary/aromatic N) is 3. The molecule has 9 nitrogen and oxygen atoms in total. The highest BCUT2D eigenvalue weighted by atomic mass is 16.5. The summed E-state index contributed by atoms with van der Waals surface area (Å²) in [4.78, 5) is 23.7. The van der Waals surface area contributed by atoms with Gasteiger partial charge in [-0.05, 0) is 51.0 Å². The zero-order valence-corrected chi connectivity index (χ0v) is 22.6. The highest BCUT2D eigenvalue weighted by Gasteiger charge is 2.31. The first-order chi connectivity index (χ1) is 18.6. The summed E-state index contributed by atoms with van der Waals surface area (Å²) in [5.74, 6) is 0.620. The largest absolute Gasteiger partial charge is 0.379 e. The number of benzene rings is 1. The number of aromatic nitrogens is 2. The molecule has 3 aliphatic heterocycles. The highest BCUT2D eigenvalue weighted by Crippen LogP contribution is 2.31. The van der Waals surface area contributed by atoms with Crippen molar-refractivity contribution in [3.05, 3.63) is 53.5 Å². The quantitative estimate of drug-likeness (QED) is 0.543. The number of ether oxygens (including phenoxy) is 3. The fourth-order valence-electron chi connectivity index (χ4n) is 5.71. The van der Waals surface area contributed by atoms with Crippen LogP contribution in [0.5, 0.6) is 0 Å². The molecule has 0 unspecified atom stereocenters. The van der Waals surface area contributed by atoms with Gasteiger partial charge < -0.3 is 29.7 Å². The minimum Gasteiger partial charge on any atom is -0.379 e. The molecule has 1 aromatic heterocycles. The zero-order chi connectivity index (χ0) is 26.3. The molecule has 5 rings (SSSR count). The number of aryl methyl sites for hydroxylation is 1.